The van der Waals surface area contributed by atoms with Crippen LogP contribution in [0, 0.1) is 0 Å². The molecule has 1 aromatic carbocycles. The smallest absolute Gasteiger partial charge is 0.233 e. The predicted molar refractivity (Wildman–Crippen MR) is 61.4 cm³/mol. The number of amides is 1. The Morgan fingerprint density at radius 1 is 1.50 bits per heavy atom. The van der Waals surface area contributed by atoms with Crippen molar-refractivity contribution in [3.05, 3.63) is 29.8 Å². The molecule has 0 aromatic heterocycles. The monoisotopic (exact) mass is 220 g/mol. The molecule has 4 heteroatoms. The standard InChI is InChI=1S/C12H16N2O2/c13-7-12(15)14-8-9-5-6-16-11-4-2-1-3-10(9)11/h1-4,9H,5-8,13H2,(H,14,15). The molecule has 4 nitrogen and oxygen atoms in total. The molecule has 0 saturated carbocycles. The summed E-state index contributed by atoms with van der Waals surface area (Å²) in [5.74, 6) is 1.16. The van der Waals surface area contributed by atoms with E-state index in [0.717, 1.165) is 12.2 Å². The highest BCUT2D eigenvalue weighted by molar-refractivity contribution is 5.77. The summed E-state index contributed by atoms with van der Waals surface area (Å²) in [7, 11) is 0. The molecule has 0 saturated heterocycles. The van der Waals surface area contributed by atoms with Crippen molar-refractivity contribution in [3.63, 3.8) is 0 Å². The SMILES string of the molecule is NCC(=O)NCC1CCOc2ccccc21. The predicted octanol–water partition coefficient (Wildman–Crippen LogP) is 0.628. The average Bonchev–Trinajstić information content (AvgIpc) is 2.35. The van der Waals surface area contributed by atoms with Crippen molar-refractivity contribution in [3.8, 4) is 5.75 Å². The van der Waals surface area contributed by atoms with E-state index in [0.29, 0.717) is 19.1 Å². The van der Waals surface area contributed by atoms with E-state index in [1.165, 1.54) is 5.56 Å². The molecule has 1 heterocycles. The van der Waals surface area contributed by atoms with E-state index in [4.69, 9.17) is 10.5 Å². The van der Waals surface area contributed by atoms with Crippen molar-refractivity contribution in [2.45, 2.75) is 12.3 Å². The minimum Gasteiger partial charge on any atom is -0.493 e. The Hall–Kier alpha value is -1.55. The molecular formula is C12H16N2O2. The van der Waals surface area contributed by atoms with E-state index in [2.05, 4.69) is 5.32 Å². The summed E-state index contributed by atoms with van der Waals surface area (Å²) in [4.78, 5) is 11.1. The number of rotatable bonds is 3. The lowest BCUT2D eigenvalue weighted by Crippen LogP contribution is -2.34. The number of carbonyl (C=O) groups excluding carboxylic acids is 1. The first-order chi connectivity index (χ1) is 7.81. The second-order valence-electron chi connectivity index (χ2n) is 3.88. The van der Waals surface area contributed by atoms with Crippen molar-refractivity contribution in [1.82, 2.24) is 5.32 Å². The van der Waals surface area contributed by atoms with Gasteiger partial charge in [-0.3, -0.25) is 4.79 Å². The first kappa shape index (κ1) is 11.0. The van der Waals surface area contributed by atoms with Gasteiger partial charge in [0.25, 0.3) is 0 Å². The first-order valence-electron chi connectivity index (χ1n) is 5.49. The topological polar surface area (TPSA) is 64.4 Å². The number of benzene rings is 1. The van der Waals surface area contributed by atoms with Crippen molar-refractivity contribution < 1.29 is 9.53 Å². The second-order valence-corrected chi connectivity index (χ2v) is 3.88. The van der Waals surface area contributed by atoms with Crippen LogP contribution >= 0.6 is 0 Å². The molecule has 0 bridgehead atoms. The van der Waals surface area contributed by atoms with E-state index in [1.54, 1.807) is 0 Å². The fourth-order valence-corrected chi connectivity index (χ4v) is 1.94. The highest BCUT2D eigenvalue weighted by Crippen LogP contribution is 2.32. The van der Waals surface area contributed by atoms with Gasteiger partial charge in [-0.2, -0.15) is 0 Å². The van der Waals surface area contributed by atoms with E-state index in [1.807, 2.05) is 24.3 Å². The van der Waals surface area contributed by atoms with Gasteiger partial charge in [-0.05, 0) is 18.1 Å². The molecule has 1 aromatic rings. The van der Waals surface area contributed by atoms with Crippen LogP contribution in [-0.2, 0) is 4.79 Å². The van der Waals surface area contributed by atoms with Crippen LogP contribution in [0.3, 0.4) is 0 Å². The fraction of sp³-hybridized carbons (Fsp3) is 0.417. The van der Waals surface area contributed by atoms with Gasteiger partial charge < -0.3 is 15.8 Å². The van der Waals surface area contributed by atoms with Gasteiger partial charge in [-0.15, -0.1) is 0 Å². The molecule has 1 atom stereocenters. The molecule has 86 valence electrons. The number of para-hydroxylation sites is 1. The number of nitrogens with one attached hydrogen (secondary N) is 1. The van der Waals surface area contributed by atoms with Crippen LogP contribution in [0.15, 0.2) is 24.3 Å². The van der Waals surface area contributed by atoms with E-state index in [-0.39, 0.29) is 12.5 Å². The number of hydrogen-bond donors (Lipinski definition) is 2. The van der Waals surface area contributed by atoms with Crippen molar-refractivity contribution in [1.29, 1.82) is 0 Å². The van der Waals surface area contributed by atoms with Crippen LogP contribution in [0.25, 0.3) is 0 Å². The zero-order chi connectivity index (χ0) is 11.4. The lowest BCUT2D eigenvalue weighted by Gasteiger charge is -2.25. The highest BCUT2D eigenvalue weighted by atomic mass is 16.5. The summed E-state index contributed by atoms with van der Waals surface area (Å²) in [5, 5.41) is 2.82. The normalized spacial score (nSPS) is 18.4. The van der Waals surface area contributed by atoms with Crippen molar-refractivity contribution in [2.24, 2.45) is 5.73 Å². The molecule has 1 aliphatic heterocycles. The van der Waals surface area contributed by atoms with E-state index >= 15 is 0 Å². The average molecular weight is 220 g/mol. The molecular weight excluding hydrogens is 204 g/mol. The van der Waals surface area contributed by atoms with Crippen LogP contribution in [0.2, 0.25) is 0 Å². The second kappa shape index (κ2) is 4.99. The Balaban J connectivity index is 2.04. The summed E-state index contributed by atoms with van der Waals surface area (Å²) in [5.41, 5.74) is 6.42. The molecule has 0 aliphatic carbocycles. The molecule has 1 aliphatic rings. The molecule has 0 radical (unpaired) electrons. The van der Waals surface area contributed by atoms with E-state index < -0.39 is 0 Å². The number of nitrogens with two attached hydrogens (primary N) is 1. The third kappa shape index (κ3) is 2.33. The molecule has 1 unspecified atom stereocenters. The van der Waals surface area contributed by atoms with Gasteiger partial charge in [-0.25, -0.2) is 0 Å². The quantitative estimate of drug-likeness (QED) is 0.785. The molecule has 2 rings (SSSR count). The molecule has 0 spiro atoms. The maximum absolute atomic E-state index is 11.1. The summed E-state index contributed by atoms with van der Waals surface area (Å²) in [6.07, 6.45) is 0.932. The largest absolute Gasteiger partial charge is 0.493 e. The zero-order valence-electron chi connectivity index (χ0n) is 9.11. The Morgan fingerprint density at radius 3 is 3.12 bits per heavy atom. The van der Waals surface area contributed by atoms with Crippen LogP contribution < -0.4 is 15.8 Å². The lowest BCUT2D eigenvalue weighted by molar-refractivity contribution is -0.119. The van der Waals surface area contributed by atoms with Gasteiger partial charge >= 0.3 is 0 Å². The Kier molecular flexibility index (Phi) is 3.41. The molecule has 1 amide bonds. The maximum Gasteiger partial charge on any atom is 0.233 e. The third-order valence-corrected chi connectivity index (χ3v) is 2.81. The summed E-state index contributed by atoms with van der Waals surface area (Å²) >= 11 is 0. The third-order valence-electron chi connectivity index (χ3n) is 2.81. The van der Waals surface area contributed by atoms with Gasteiger partial charge in [0.15, 0.2) is 0 Å². The Bertz CT molecular complexity index is 379. The van der Waals surface area contributed by atoms with Gasteiger partial charge in [-0.1, -0.05) is 18.2 Å². The van der Waals surface area contributed by atoms with Crippen LogP contribution in [-0.4, -0.2) is 25.6 Å². The summed E-state index contributed by atoms with van der Waals surface area (Å²) in [6.45, 7) is 1.39. The fourth-order valence-electron chi connectivity index (χ4n) is 1.94. The van der Waals surface area contributed by atoms with Gasteiger partial charge in [0.05, 0.1) is 13.2 Å². The number of fused-ring (bicyclic) bond motifs is 1. The van der Waals surface area contributed by atoms with Crippen molar-refractivity contribution >= 4 is 5.91 Å². The van der Waals surface area contributed by atoms with Crippen LogP contribution in [0.4, 0.5) is 0 Å². The summed E-state index contributed by atoms with van der Waals surface area (Å²) < 4.78 is 5.55. The molecule has 3 N–H and O–H groups in total. The first-order valence-corrected chi connectivity index (χ1v) is 5.49. The number of hydrogen-bond acceptors (Lipinski definition) is 3. The maximum atomic E-state index is 11.1. The van der Waals surface area contributed by atoms with Gasteiger partial charge in [0.1, 0.15) is 5.75 Å². The van der Waals surface area contributed by atoms with Crippen LogP contribution in [0.5, 0.6) is 5.75 Å². The Labute approximate surface area is 94.8 Å². The number of ether oxygens (including phenoxy) is 1. The summed E-state index contributed by atoms with van der Waals surface area (Å²) in [6, 6.07) is 7.96. The zero-order valence-corrected chi connectivity index (χ0v) is 9.11. The molecule has 16 heavy (non-hydrogen) atoms. The lowest BCUT2D eigenvalue weighted by atomic mass is 9.93. The molecule has 0 fully saturated rings. The Morgan fingerprint density at radius 2 is 2.31 bits per heavy atom. The van der Waals surface area contributed by atoms with E-state index in [9.17, 15) is 4.79 Å². The minimum atomic E-state index is -0.107. The minimum absolute atomic E-state index is 0.0465. The highest BCUT2D eigenvalue weighted by Gasteiger charge is 2.20. The van der Waals surface area contributed by atoms with Crippen molar-refractivity contribution in [2.75, 3.05) is 19.7 Å². The van der Waals surface area contributed by atoms with Gasteiger partial charge in [0.2, 0.25) is 5.91 Å². The van der Waals surface area contributed by atoms with Crippen LogP contribution in [0.1, 0.15) is 17.9 Å². The van der Waals surface area contributed by atoms with Gasteiger partial charge in [0, 0.05) is 12.5 Å². The number of carbonyl (C=O) groups is 1.